The van der Waals surface area contributed by atoms with Crippen LogP contribution in [0.25, 0.3) is 0 Å². The second-order valence-corrected chi connectivity index (χ2v) is 8.91. The monoisotopic (exact) mass is 496 g/mol. The zero-order valence-electron chi connectivity index (χ0n) is 16.9. The summed E-state index contributed by atoms with van der Waals surface area (Å²) in [7, 11) is 1.39. The van der Waals surface area contributed by atoms with Crippen LogP contribution in [-0.2, 0) is 16.0 Å². The number of aromatic nitrogens is 1. The SMILES string of the molecule is COc1cncc2c1[C@]1([O-])[C@H](O)[C@H](C(=O)O)[C@@H](c3ccccc3)[C@]1(c1ccc(Br)cc1)O2. The Hall–Kier alpha value is -2.94. The summed E-state index contributed by atoms with van der Waals surface area (Å²) in [6, 6.07) is 15.8. The van der Waals surface area contributed by atoms with Crippen LogP contribution in [0, 0.1) is 5.92 Å². The number of hydrogen-bond donors (Lipinski definition) is 2. The van der Waals surface area contributed by atoms with Gasteiger partial charge in [-0.2, -0.15) is 0 Å². The first-order valence-corrected chi connectivity index (χ1v) is 10.8. The third kappa shape index (κ3) is 2.54. The highest BCUT2D eigenvalue weighted by Gasteiger charge is 2.72. The van der Waals surface area contributed by atoms with Crippen molar-refractivity contribution in [2.45, 2.75) is 23.2 Å². The quantitative estimate of drug-likeness (QED) is 0.570. The number of carboxylic acid groups (broad SMARTS) is 1. The summed E-state index contributed by atoms with van der Waals surface area (Å²) in [5.41, 5.74) is -3.00. The molecule has 7 nitrogen and oxygen atoms in total. The summed E-state index contributed by atoms with van der Waals surface area (Å²) in [5.74, 6) is -3.35. The molecule has 2 N–H and O–H groups in total. The lowest BCUT2D eigenvalue weighted by molar-refractivity contribution is -0.528. The largest absolute Gasteiger partial charge is 0.841 e. The zero-order valence-corrected chi connectivity index (χ0v) is 18.5. The molecule has 0 spiro atoms. The third-order valence-corrected chi connectivity index (χ3v) is 7.09. The van der Waals surface area contributed by atoms with E-state index >= 15 is 0 Å². The molecule has 2 heterocycles. The van der Waals surface area contributed by atoms with Crippen molar-refractivity contribution in [2.75, 3.05) is 7.11 Å². The first-order chi connectivity index (χ1) is 15.4. The average Bonchev–Trinajstić information content (AvgIpc) is 3.18. The first-order valence-electron chi connectivity index (χ1n) is 10.00. The molecular formula is C24H19BrNO6-. The fourth-order valence-corrected chi connectivity index (χ4v) is 5.60. The van der Waals surface area contributed by atoms with E-state index < -0.39 is 35.1 Å². The minimum Gasteiger partial charge on any atom is -0.841 e. The molecule has 1 aliphatic heterocycles. The molecule has 0 radical (unpaired) electrons. The van der Waals surface area contributed by atoms with Gasteiger partial charge >= 0.3 is 5.97 Å². The lowest BCUT2D eigenvalue weighted by Gasteiger charge is -2.49. The lowest BCUT2D eigenvalue weighted by atomic mass is 9.70. The molecule has 1 aromatic heterocycles. The third-order valence-electron chi connectivity index (χ3n) is 6.56. The fraction of sp³-hybridized carbons (Fsp3) is 0.250. The van der Waals surface area contributed by atoms with Gasteiger partial charge in [-0.05, 0) is 28.9 Å². The summed E-state index contributed by atoms with van der Waals surface area (Å²) in [6.45, 7) is 0. The summed E-state index contributed by atoms with van der Waals surface area (Å²) >= 11 is 3.40. The van der Waals surface area contributed by atoms with E-state index in [-0.39, 0.29) is 17.1 Å². The Balaban J connectivity index is 1.89. The molecule has 5 rings (SSSR count). The highest BCUT2D eigenvalue weighted by Crippen LogP contribution is 2.68. The van der Waals surface area contributed by atoms with E-state index in [1.165, 1.54) is 19.5 Å². The first kappa shape index (κ1) is 20.9. The smallest absolute Gasteiger partial charge is 0.309 e. The number of aliphatic carboxylic acids is 1. The van der Waals surface area contributed by atoms with Gasteiger partial charge in [0, 0.05) is 16.0 Å². The molecule has 0 amide bonds. The Bertz CT molecular complexity index is 1190. The molecule has 32 heavy (non-hydrogen) atoms. The van der Waals surface area contributed by atoms with Crippen LogP contribution in [0.1, 0.15) is 22.6 Å². The number of aliphatic hydroxyl groups is 1. The zero-order chi connectivity index (χ0) is 22.7. The number of halogens is 1. The molecular weight excluding hydrogens is 478 g/mol. The van der Waals surface area contributed by atoms with E-state index in [0.29, 0.717) is 11.1 Å². The molecule has 0 unspecified atom stereocenters. The predicted molar refractivity (Wildman–Crippen MR) is 115 cm³/mol. The highest BCUT2D eigenvalue weighted by molar-refractivity contribution is 9.10. The van der Waals surface area contributed by atoms with Gasteiger partial charge in [0.15, 0.2) is 0 Å². The van der Waals surface area contributed by atoms with E-state index in [0.717, 1.165) is 4.47 Å². The van der Waals surface area contributed by atoms with Crippen LogP contribution in [0.15, 0.2) is 71.5 Å². The van der Waals surface area contributed by atoms with E-state index in [4.69, 9.17) is 9.47 Å². The maximum Gasteiger partial charge on any atom is 0.309 e. The molecule has 1 saturated carbocycles. The Morgan fingerprint density at radius 1 is 1.16 bits per heavy atom. The lowest BCUT2D eigenvalue weighted by Crippen LogP contribution is -2.60. The highest BCUT2D eigenvalue weighted by atomic mass is 79.9. The number of rotatable bonds is 4. The van der Waals surface area contributed by atoms with Gasteiger partial charge in [0.05, 0.1) is 31.5 Å². The predicted octanol–water partition coefficient (Wildman–Crippen LogP) is 2.56. The van der Waals surface area contributed by atoms with Crippen LogP contribution in [0.4, 0.5) is 0 Å². The van der Waals surface area contributed by atoms with Crippen molar-refractivity contribution in [1.82, 2.24) is 4.98 Å². The second-order valence-electron chi connectivity index (χ2n) is 7.99. The molecule has 1 fully saturated rings. The number of nitrogens with zero attached hydrogens (tertiary/aromatic N) is 1. The van der Waals surface area contributed by atoms with Gasteiger partial charge in [-0.15, -0.1) is 0 Å². The van der Waals surface area contributed by atoms with Crippen molar-refractivity contribution >= 4 is 21.9 Å². The Morgan fingerprint density at radius 3 is 2.47 bits per heavy atom. The van der Waals surface area contributed by atoms with Gasteiger partial charge in [0.25, 0.3) is 0 Å². The van der Waals surface area contributed by atoms with Gasteiger partial charge in [-0.3, -0.25) is 9.78 Å². The minimum atomic E-state index is -2.37. The molecule has 2 aromatic carbocycles. The number of carboxylic acids is 1. The van der Waals surface area contributed by atoms with Crippen LogP contribution in [0.5, 0.6) is 11.5 Å². The molecule has 3 aromatic rings. The summed E-state index contributed by atoms with van der Waals surface area (Å²) < 4.78 is 12.6. The standard InChI is InChI=1S/C24H19BrNO6/c1-31-16-11-26-12-17-20(16)23(30)21(27)18(22(28)29)19(13-5-3-2-4-6-13)24(23,32-17)14-7-9-15(25)10-8-14/h2-12,18-19,21,27H,1H3,(H,28,29)/q-1/t18-,19-,21-,23+,24+/m1/s1. The van der Waals surface area contributed by atoms with E-state index in [1.54, 1.807) is 54.6 Å². The van der Waals surface area contributed by atoms with E-state index in [1.807, 2.05) is 0 Å². The minimum absolute atomic E-state index is 0.0788. The number of fused-ring (bicyclic) bond motifs is 3. The number of hydrogen-bond acceptors (Lipinski definition) is 6. The van der Waals surface area contributed by atoms with Gasteiger partial charge in [-0.1, -0.05) is 58.4 Å². The van der Waals surface area contributed by atoms with Crippen molar-refractivity contribution in [2.24, 2.45) is 5.92 Å². The normalized spacial score (nSPS) is 30.3. The summed E-state index contributed by atoms with van der Waals surface area (Å²) in [4.78, 5) is 16.6. The molecule has 5 atom stereocenters. The van der Waals surface area contributed by atoms with Crippen molar-refractivity contribution < 1.29 is 29.6 Å². The molecule has 0 saturated heterocycles. The van der Waals surface area contributed by atoms with Crippen LogP contribution in [0.3, 0.4) is 0 Å². The fourth-order valence-electron chi connectivity index (χ4n) is 5.34. The maximum absolute atomic E-state index is 14.9. The van der Waals surface area contributed by atoms with Crippen molar-refractivity contribution in [3.05, 3.63) is 88.2 Å². The maximum atomic E-state index is 14.9. The van der Waals surface area contributed by atoms with Crippen LogP contribution < -0.4 is 14.6 Å². The van der Waals surface area contributed by atoms with Gasteiger partial charge in [0.1, 0.15) is 17.1 Å². The number of benzene rings is 2. The Kier molecular flexibility index (Phi) is 4.77. The summed E-state index contributed by atoms with van der Waals surface area (Å²) in [5, 5.41) is 36.5. The molecule has 2 aliphatic rings. The molecule has 164 valence electrons. The molecule has 1 aliphatic carbocycles. The van der Waals surface area contributed by atoms with E-state index in [2.05, 4.69) is 20.9 Å². The van der Waals surface area contributed by atoms with Gasteiger partial charge in [0.2, 0.25) is 0 Å². The van der Waals surface area contributed by atoms with Crippen LogP contribution in [0.2, 0.25) is 0 Å². The molecule has 8 heteroatoms. The van der Waals surface area contributed by atoms with E-state index in [9.17, 15) is 20.1 Å². The van der Waals surface area contributed by atoms with Crippen molar-refractivity contribution in [3.63, 3.8) is 0 Å². The summed E-state index contributed by atoms with van der Waals surface area (Å²) in [6.07, 6.45) is 0.977. The number of carbonyl (C=O) groups is 1. The van der Waals surface area contributed by atoms with Crippen LogP contribution >= 0.6 is 15.9 Å². The van der Waals surface area contributed by atoms with Crippen LogP contribution in [-0.4, -0.2) is 34.4 Å². The average molecular weight is 497 g/mol. The van der Waals surface area contributed by atoms with Crippen molar-refractivity contribution in [3.8, 4) is 11.5 Å². The van der Waals surface area contributed by atoms with Crippen molar-refractivity contribution in [1.29, 1.82) is 0 Å². The second kappa shape index (κ2) is 7.30. The number of pyridine rings is 1. The Labute approximate surface area is 192 Å². The number of methoxy groups -OCH3 is 1. The molecule has 0 bridgehead atoms. The topological polar surface area (TPSA) is 112 Å². The number of aliphatic hydroxyl groups excluding tert-OH is 1. The number of ether oxygens (including phenoxy) is 2. The van der Waals surface area contributed by atoms with Gasteiger partial charge < -0.3 is 24.8 Å². The van der Waals surface area contributed by atoms with Gasteiger partial charge in [-0.25, -0.2) is 0 Å². The Morgan fingerprint density at radius 2 is 1.84 bits per heavy atom.